The second-order valence-electron chi connectivity index (χ2n) is 7.11. The molecule has 5 heteroatoms. The minimum absolute atomic E-state index is 0.201. The van der Waals surface area contributed by atoms with Crippen molar-refractivity contribution in [2.75, 3.05) is 0 Å². The standard InChI is InChI=1S/C19H29F3OSi/c1-2-3-4-13-24(22)14-11-17(12-15-24)6-5-16-7-9-18(10-8-16)23-19(20)21/h7-10,17,19H,2-6,11-15H2,1H3/t17-,24+. The molecule has 1 aliphatic rings. The zero-order valence-electron chi connectivity index (χ0n) is 14.6. The van der Waals surface area contributed by atoms with Crippen LogP contribution >= 0.6 is 0 Å². The molecule has 0 N–H and O–H groups in total. The van der Waals surface area contributed by atoms with Crippen molar-refractivity contribution in [1.29, 1.82) is 0 Å². The lowest BCUT2D eigenvalue weighted by atomic mass is 9.94. The zero-order valence-corrected chi connectivity index (χ0v) is 15.6. The van der Waals surface area contributed by atoms with Gasteiger partial charge in [0.25, 0.3) is 0 Å². The summed E-state index contributed by atoms with van der Waals surface area (Å²) in [5, 5.41) is 0. The molecule has 1 aromatic carbocycles. The third kappa shape index (κ3) is 6.50. The van der Waals surface area contributed by atoms with Crippen LogP contribution in [0.2, 0.25) is 18.1 Å². The Morgan fingerprint density at radius 2 is 1.79 bits per heavy atom. The topological polar surface area (TPSA) is 9.23 Å². The summed E-state index contributed by atoms with van der Waals surface area (Å²) >= 11 is 0. The summed E-state index contributed by atoms with van der Waals surface area (Å²) in [5.41, 5.74) is 1.13. The van der Waals surface area contributed by atoms with Crippen molar-refractivity contribution < 1.29 is 17.6 Å². The highest BCUT2D eigenvalue weighted by Gasteiger charge is 2.37. The van der Waals surface area contributed by atoms with Crippen molar-refractivity contribution in [3.8, 4) is 5.75 Å². The van der Waals surface area contributed by atoms with E-state index < -0.39 is 15.0 Å². The molecule has 0 spiro atoms. The smallest absolute Gasteiger partial charge is 0.387 e. The van der Waals surface area contributed by atoms with E-state index >= 15 is 0 Å². The predicted molar refractivity (Wildman–Crippen MR) is 94.9 cm³/mol. The third-order valence-electron chi connectivity index (χ3n) is 5.22. The maximum Gasteiger partial charge on any atom is 0.387 e. The van der Waals surface area contributed by atoms with Gasteiger partial charge < -0.3 is 8.84 Å². The molecule has 0 unspecified atom stereocenters. The van der Waals surface area contributed by atoms with E-state index in [1.54, 1.807) is 12.1 Å². The molecule has 136 valence electrons. The van der Waals surface area contributed by atoms with E-state index in [-0.39, 0.29) is 5.75 Å². The minimum atomic E-state index is -2.78. The first-order valence-electron chi connectivity index (χ1n) is 9.23. The Labute approximate surface area is 144 Å². The van der Waals surface area contributed by atoms with Gasteiger partial charge in [0.05, 0.1) is 0 Å². The number of unbranched alkanes of at least 4 members (excludes halogenated alkanes) is 2. The van der Waals surface area contributed by atoms with Crippen molar-refractivity contribution >= 4 is 8.41 Å². The molecule has 0 bridgehead atoms. The van der Waals surface area contributed by atoms with Crippen LogP contribution in [0, 0.1) is 5.92 Å². The van der Waals surface area contributed by atoms with E-state index in [1.807, 2.05) is 12.1 Å². The quantitative estimate of drug-likeness (QED) is 0.270. The number of hydrogen-bond donors (Lipinski definition) is 0. The Morgan fingerprint density at radius 3 is 2.38 bits per heavy atom. The van der Waals surface area contributed by atoms with E-state index in [2.05, 4.69) is 11.7 Å². The first-order chi connectivity index (χ1) is 11.5. The van der Waals surface area contributed by atoms with E-state index in [4.69, 9.17) is 0 Å². The molecule has 2 rings (SSSR count). The van der Waals surface area contributed by atoms with Crippen LogP contribution in [0.4, 0.5) is 12.9 Å². The summed E-state index contributed by atoms with van der Waals surface area (Å²) in [6.45, 7) is -0.615. The largest absolute Gasteiger partial charge is 0.435 e. The summed E-state index contributed by atoms with van der Waals surface area (Å²) in [4.78, 5) is 0. The van der Waals surface area contributed by atoms with Crippen LogP contribution in [0.25, 0.3) is 0 Å². The number of alkyl halides is 2. The van der Waals surface area contributed by atoms with Gasteiger partial charge in [-0.05, 0) is 54.6 Å². The number of hydrogen-bond acceptors (Lipinski definition) is 1. The number of rotatable bonds is 9. The van der Waals surface area contributed by atoms with E-state index in [1.165, 1.54) is 0 Å². The Bertz CT molecular complexity index is 470. The molecule has 24 heavy (non-hydrogen) atoms. The second kappa shape index (κ2) is 9.49. The van der Waals surface area contributed by atoms with E-state index in [0.717, 1.165) is 68.6 Å². The molecule has 0 aliphatic carbocycles. The van der Waals surface area contributed by atoms with Crippen LogP contribution in [-0.2, 0) is 6.42 Å². The van der Waals surface area contributed by atoms with Gasteiger partial charge in [-0.25, -0.2) is 0 Å². The molecule has 1 aliphatic heterocycles. The predicted octanol–water partition coefficient (Wildman–Crippen LogP) is 6.74. The normalized spacial score (nSPS) is 24.3. The Morgan fingerprint density at radius 1 is 1.12 bits per heavy atom. The highest BCUT2D eigenvalue weighted by molar-refractivity contribution is 6.73. The van der Waals surface area contributed by atoms with Gasteiger partial charge >= 0.3 is 6.61 Å². The van der Waals surface area contributed by atoms with Crippen molar-refractivity contribution in [3.63, 3.8) is 0 Å². The van der Waals surface area contributed by atoms with Crippen LogP contribution in [0.5, 0.6) is 5.75 Å². The molecular weight excluding hydrogens is 329 g/mol. The Kier molecular flexibility index (Phi) is 7.66. The first kappa shape index (κ1) is 19.4. The van der Waals surface area contributed by atoms with Crippen molar-refractivity contribution in [2.24, 2.45) is 5.92 Å². The summed E-state index contributed by atoms with van der Waals surface area (Å²) in [6.07, 6.45) is 7.44. The van der Waals surface area contributed by atoms with Crippen LogP contribution in [0.15, 0.2) is 24.3 Å². The molecule has 1 nitrogen and oxygen atoms in total. The van der Waals surface area contributed by atoms with Crippen LogP contribution in [0.3, 0.4) is 0 Å². The minimum Gasteiger partial charge on any atom is -0.435 e. The molecule has 1 fully saturated rings. The van der Waals surface area contributed by atoms with Crippen molar-refractivity contribution in [2.45, 2.75) is 76.6 Å². The fraction of sp³-hybridized carbons (Fsp3) is 0.684. The van der Waals surface area contributed by atoms with Crippen LogP contribution in [-0.4, -0.2) is 15.0 Å². The second-order valence-corrected chi connectivity index (χ2v) is 10.9. The van der Waals surface area contributed by atoms with Gasteiger partial charge in [0, 0.05) is 0 Å². The fourth-order valence-electron chi connectivity index (χ4n) is 3.63. The number of benzene rings is 1. The molecular formula is C19H29F3OSi. The maximum atomic E-state index is 14.8. The summed E-state index contributed by atoms with van der Waals surface area (Å²) in [6, 6.07) is 9.41. The van der Waals surface area contributed by atoms with Crippen molar-refractivity contribution in [3.05, 3.63) is 29.8 Å². The summed E-state index contributed by atoms with van der Waals surface area (Å²) in [7, 11) is -2.43. The monoisotopic (exact) mass is 358 g/mol. The number of halogens is 3. The molecule has 1 aromatic rings. The van der Waals surface area contributed by atoms with Gasteiger partial charge in [0.2, 0.25) is 8.41 Å². The lowest BCUT2D eigenvalue weighted by molar-refractivity contribution is -0.0498. The Hall–Kier alpha value is -0.973. The number of aryl methyl sites for hydroxylation is 1. The molecule has 0 aromatic heterocycles. The van der Waals surface area contributed by atoms with Gasteiger partial charge in [-0.3, -0.25) is 0 Å². The van der Waals surface area contributed by atoms with E-state index in [0.29, 0.717) is 5.92 Å². The van der Waals surface area contributed by atoms with Crippen LogP contribution in [0.1, 0.15) is 51.0 Å². The fourth-order valence-corrected chi connectivity index (χ4v) is 7.12. The van der Waals surface area contributed by atoms with Crippen molar-refractivity contribution in [1.82, 2.24) is 0 Å². The molecule has 0 saturated carbocycles. The lowest BCUT2D eigenvalue weighted by Crippen LogP contribution is -2.33. The highest BCUT2D eigenvalue weighted by atomic mass is 28.4. The highest BCUT2D eigenvalue weighted by Crippen LogP contribution is 2.38. The molecule has 0 amide bonds. The average molecular weight is 359 g/mol. The van der Waals surface area contributed by atoms with Gasteiger partial charge in [-0.15, -0.1) is 0 Å². The van der Waals surface area contributed by atoms with Gasteiger partial charge in [0.1, 0.15) is 5.75 Å². The third-order valence-corrected chi connectivity index (χ3v) is 8.84. The van der Waals surface area contributed by atoms with Gasteiger partial charge in [-0.2, -0.15) is 8.78 Å². The molecule has 0 radical (unpaired) electrons. The molecule has 0 atom stereocenters. The summed E-state index contributed by atoms with van der Waals surface area (Å²) < 4.78 is 43.4. The summed E-state index contributed by atoms with van der Waals surface area (Å²) in [5.74, 6) is 0.816. The van der Waals surface area contributed by atoms with Gasteiger partial charge in [0.15, 0.2) is 0 Å². The van der Waals surface area contributed by atoms with Gasteiger partial charge in [-0.1, -0.05) is 51.2 Å². The average Bonchev–Trinajstić information content (AvgIpc) is 2.55. The Balaban J connectivity index is 1.70. The number of ether oxygens (including phenoxy) is 1. The lowest BCUT2D eigenvalue weighted by Gasteiger charge is -2.32. The maximum absolute atomic E-state index is 14.8. The zero-order chi connectivity index (χ0) is 17.4. The SMILES string of the molecule is CCCCC[Si@]1(F)CC[C@@H](CCc2ccc(OC(F)F)cc2)CC1. The van der Waals surface area contributed by atoms with Crippen LogP contribution < -0.4 is 4.74 Å². The molecule has 1 heterocycles. The molecule has 1 saturated heterocycles. The van der Waals surface area contributed by atoms with E-state index in [9.17, 15) is 12.9 Å². The first-order valence-corrected chi connectivity index (χ1v) is 11.7.